The van der Waals surface area contributed by atoms with Crippen molar-refractivity contribution in [3.8, 4) is 0 Å². The number of carbonyl (C=O) groups is 3. The summed E-state index contributed by atoms with van der Waals surface area (Å²) in [4.78, 5) is 39.5. The summed E-state index contributed by atoms with van der Waals surface area (Å²) in [5.74, 6) is -1.87. The summed E-state index contributed by atoms with van der Waals surface area (Å²) in [6.45, 7) is 12.9. The monoisotopic (exact) mass is 799 g/mol. The van der Waals surface area contributed by atoms with Crippen LogP contribution in [-0.2, 0) is 52.3 Å². The Morgan fingerprint density at radius 1 is 1.02 bits per heavy atom. The molecule has 16 atom stereocenters. The molecule has 3 rings (SSSR count). The molecule has 3 heterocycles. The first-order valence-corrected chi connectivity index (χ1v) is 19.9. The minimum absolute atomic E-state index is 0.0378. The maximum atomic E-state index is 12.9. The van der Waals surface area contributed by atoms with E-state index in [0.717, 1.165) is 6.29 Å². The van der Waals surface area contributed by atoms with Crippen molar-refractivity contribution in [2.45, 2.75) is 172 Å². The van der Waals surface area contributed by atoms with Crippen LogP contribution in [0.1, 0.15) is 87.0 Å². The number of methoxy groups -OCH3 is 2. The predicted molar refractivity (Wildman–Crippen MR) is 205 cm³/mol. The van der Waals surface area contributed by atoms with Crippen molar-refractivity contribution in [2.24, 2.45) is 17.8 Å². The van der Waals surface area contributed by atoms with Gasteiger partial charge in [-0.3, -0.25) is 9.59 Å². The molecule has 0 amide bonds. The van der Waals surface area contributed by atoms with Gasteiger partial charge >= 0.3 is 11.9 Å². The standard InChI is InChI=1S/C41H69NO14/c1-23(2)19-31(46)54-39-27(6)52-33(22-41(39,7)50-11)55-36-26(5)53-40(35(48)34(36)42(8)9)56-37-28(17-18-43)20-24(3)29(44)16-14-12-13-15-25(4)51-32(47)21-30(45)38(37)49-10/h12-14,16,18,23-30,33-40,44-45,48H,15,17,19-22H2,1-11H3/b13-12+,16-14+/t24-,25-,26-,27+,28+,29+,30-,33+,34-,35-,36-,37+,38+,39+,40+,41-/m1/s1. The topological polar surface area (TPSA) is 189 Å². The first kappa shape index (κ1) is 48.1. The van der Waals surface area contributed by atoms with E-state index in [1.54, 1.807) is 65.1 Å². The van der Waals surface area contributed by atoms with Crippen LogP contribution in [0, 0.1) is 17.8 Å². The van der Waals surface area contributed by atoms with E-state index >= 15 is 0 Å². The number of carbonyl (C=O) groups excluding carboxylic acids is 3. The normalized spacial score (nSPS) is 41.9. The molecule has 3 aliphatic rings. The number of ether oxygens (including phenoxy) is 8. The molecule has 0 aromatic carbocycles. The predicted octanol–water partition coefficient (Wildman–Crippen LogP) is 3.10. The Labute approximate surface area is 332 Å². The summed E-state index contributed by atoms with van der Waals surface area (Å²) < 4.78 is 48.9. The maximum Gasteiger partial charge on any atom is 0.308 e. The van der Waals surface area contributed by atoms with E-state index < -0.39 is 104 Å². The van der Waals surface area contributed by atoms with Crippen molar-refractivity contribution in [2.75, 3.05) is 28.3 Å². The van der Waals surface area contributed by atoms with Crippen molar-refractivity contribution in [3.63, 3.8) is 0 Å². The van der Waals surface area contributed by atoms with Gasteiger partial charge in [-0.1, -0.05) is 45.1 Å². The zero-order valence-corrected chi connectivity index (χ0v) is 35.1. The first-order chi connectivity index (χ1) is 26.3. The number of esters is 2. The van der Waals surface area contributed by atoms with Gasteiger partial charge in [0.15, 0.2) is 18.7 Å². The largest absolute Gasteiger partial charge is 0.462 e. The van der Waals surface area contributed by atoms with Crippen LogP contribution >= 0.6 is 0 Å². The Morgan fingerprint density at radius 3 is 2.32 bits per heavy atom. The first-order valence-electron chi connectivity index (χ1n) is 19.9. The van der Waals surface area contributed by atoms with Crippen LogP contribution in [-0.4, -0.2) is 152 Å². The highest BCUT2D eigenvalue weighted by atomic mass is 16.7. The number of cyclic esters (lactones) is 1. The molecule has 3 aliphatic heterocycles. The molecular weight excluding hydrogens is 730 g/mol. The van der Waals surface area contributed by atoms with Gasteiger partial charge in [-0.05, 0) is 66.0 Å². The zero-order valence-electron chi connectivity index (χ0n) is 35.1. The van der Waals surface area contributed by atoms with E-state index in [1.807, 2.05) is 33.8 Å². The van der Waals surface area contributed by atoms with E-state index in [2.05, 4.69) is 0 Å². The van der Waals surface area contributed by atoms with Gasteiger partial charge in [0.05, 0.1) is 43.0 Å². The Morgan fingerprint density at radius 2 is 1.71 bits per heavy atom. The second-order valence-electron chi connectivity index (χ2n) is 16.5. The molecule has 0 spiro atoms. The van der Waals surface area contributed by atoms with Gasteiger partial charge in [-0.2, -0.15) is 0 Å². The van der Waals surface area contributed by atoms with Crippen LogP contribution in [0.4, 0.5) is 0 Å². The molecule has 15 heteroatoms. The summed E-state index contributed by atoms with van der Waals surface area (Å²) >= 11 is 0. The van der Waals surface area contributed by atoms with Gasteiger partial charge in [-0.15, -0.1) is 0 Å². The van der Waals surface area contributed by atoms with Gasteiger partial charge in [0.1, 0.15) is 36.3 Å². The van der Waals surface area contributed by atoms with E-state index in [9.17, 15) is 29.7 Å². The highest BCUT2D eigenvalue weighted by molar-refractivity contribution is 5.70. The summed E-state index contributed by atoms with van der Waals surface area (Å²) in [6.07, 6.45) is -2.83. The fourth-order valence-corrected chi connectivity index (χ4v) is 7.96. The quantitative estimate of drug-likeness (QED) is 0.193. The number of rotatable bonds is 12. The lowest BCUT2D eigenvalue weighted by Crippen LogP contribution is -2.66. The van der Waals surface area contributed by atoms with E-state index in [0.29, 0.717) is 6.42 Å². The Kier molecular flexibility index (Phi) is 19.0. The van der Waals surface area contributed by atoms with Gasteiger partial charge in [0.2, 0.25) is 0 Å². The molecule has 0 radical (unpaired) electrons. The summed E-state index contributed by atoms with van der Waals surface area (Å²) in [5.41, 5.74) is -0.943. The lowest BCUT2D eigenvalue weighted by Gasteiger charge is -2.51. The molecule has 0 aromatic rings. The van der Waals surface area contributed by atoms with Crippen molar-refractivity contribution < 1.29 is 67.6 Å². The summed E-state index contributed by atoms with van der Waals surface area (Å²) in [5, 5.41) is 34.5. The molecule has 56 heavy (non-hydrogen) atoms. The zero-order chi connectivity index (χ0) is 41.9. The number of allylic oxidation sites excluding steroid dienone is 2. The third-order valence-electron chi connectivity index (χ3n) is 11.1. The molecule has 0 saturated carbocycles. The van der Waals surface area contributed by atoms with Crippen LogP contribution in [0.5, 0.6) is 0 Å². The molecule has 0 bridgehead atoms. The second-order valence-corrected chi connectivity index (χ2v) is 16.5. The molecule has 0 aliphatic carbocycles. The average Bonchev–Trinajstić information content (AvgIpc) is 3.10. The second kappa shape index (κ2) is 22.2. The molecule has 2 fully saturated rings. The molecule has 0 aromatic heterocycles. The maximum absolute atomic E-state index is 12.9. The van der Waals surface area contributed by atoms with Crippen LogP contribution in [0.3, 0.4) is 0 Å². The van der Waals surface area contributed by atoms with Crippen LogP contribution in [0.15, 0.2) is 24.3 Å². The minimum Gasteiger partial charge on any atom is -0.462 e. The molecule has 15 nitrogen and oxygen atoms in total. The Balaban J connectivity index is 1.92. The minimum atomic E-state index is -1.42. The van der Waals surface area contributed by atoms with E-state index in [1.165, 1.54) is 7.11 Å². The summed E-state index contributed by atoms with van der Waals surface area (Å²) in [7, 11) is 6.49. The van der Waals surface area contributed by atoms with Gasteiger partial charge < -0.3 is 62.9 Å². The average molecular weight is 800 g/mol. The molecule has 322 valence electrons. The summed E-state index contributed by atoms with van der Waals surface area (Å²) in [6, 6.07) is -0.713. The molecular formula is C41H69NO14. The fourth-order valence-electron chi connectivity index (χ4n) is 7.96. The van der Waals surface area contributed by atoms with E-state index in [-0.39, 0.29) is 43.5 Å². The van der Waals surface area contributed by atoms with Crippen molar-refractivity contribution in [1.29, 1.82) is 0 Å². The molecule has 3 N–H and O–H groups in total. The SMILES string of the molecule is CO[C@@H]1[C@@H](O[C@@H]2O[C@H](C)[C@@H](O[C@H]3C[C@@](C)(OC)[C@@H](OC(=O)CC(C)C)[C@H](C)O3)[C@H](N(C)C)[C@H]2O)[C@@H](CC=O)C[C@@H](C)[C@@H](O)/C=C/C=C/C[C@@H](C)OC(=O)C[C@H]1O. The number of hydrogen-bond donors (Lipinski definition) is 3. The number of hydrogen-bond acceptors (Lipinski definition) is 15. The number of aldehydes is 1. The van der Waals surface area contributed by atoms with E-state index in [4.69, 9.17) is 37.9 Å². The Hall–Kier alpha value is -2.31. The number of nitrogens with zero attached hydrogens (tertiary/aromatic N) is 1. The van der Waals surface area contributed by atoms with Crippen LogP contribution in [0.2, 0.25) is 0 Å². The fraction of sp³-hybridized carbons (Fsp3) is 0.829. The van der Waals surface area contributed by atoms with Gasteiger partial charge in [0, 0.05) is 39.9 Å². The van der Waals surface area contributed by atoms with Crippen LogP contribution < -0.4 is 0 Å². The number of likely N-dealkylation sites (N-methyl/N-ethyl adjacent to an activating group) is 1. The molecule has 0 unspecified atom stereocenters. The number of aliphatic hydroxyl groups excluding tert-OH is 3. The smallest absolute Gasteiger partial charge is 0.308 e. The highest BCUT2D eigenvalue weighted by Crippen LogP contribution is 2.38. The van der Waals surface area contributed by atoms with Crippen molar-refractivity contribution in [3.05, 3.63) is 24.3 Å². The van der Waals surface area contributed by atoms with Crippen LogP contribution in [0.25, 0.3) is 0 Å². The van der Waals surface area contributed by atoms with Gasteiger partial charge in [0.25, 0.3) is 0 Å². The van der Waals surface area contributed by atoms with Crippen molar-refractivity contribution in [1.82, 2.24) is 4.90 Å². The highest BCUT2D eigenvalue weighted by Gasteiger charge is 2.53. The lowest BCUT2D eigenvalue weighted by atomic mass is 9.82. The lowest BCUT2D eigenvalue weighted by molar-refractivity contribution is -0.345. The van der Waals surface area contributed by atoms with Crippen molar-refractivity contribution >= 4 is 18.2 Å². The number of aliphatic hydroxyl groups is 3. The Bertz CT molecular complexity index is 1290. The third-order valence-corrected chi connectivity index (χ3v) is 11.1. The third kappa shape index (κ3) is 13.1. The van der Waals surface area contributed by atoms with Gasteiger partial charge in [-0.25, -0.2) is 0 Å². The molecule has 2 saturated heterocycles.